The van der Waals surface area contributed by atoms with E-state index in [-0.39, 0.29) is 0 Å². The van der Waals surface area contributed by atoms with Gasteiger partial charge < -0.3 is 10.6 Å². The van der Waals surface area contributed by atoms with E-state index in [1.807, 2.05) is 24.4 Å². The van der Waals surface area contributed by atoms with Crippen molar-refractivity contribution in [2.45, 2.75) is 43.8 Å². The minimum absolute atomic E-state index is 0.610. The van der Waals surface area contributed by atoms with Gasteiger partial charge in [-0.05, 0) is 37.8 Å². The van der Waals surface area contributed by atoms with Gasteiger partial charge in [-0.25, -0.2) is 4.98 Å². The fourth-order valence-electron chi connectivity index (χ4n) is 2.83. The van der Waals surface area contributed by atoms with E-state index in [1.54, 1.807) is 0 Å². The summed E-state index contributed by atoms with van der Waals surface area (Å²) in [7, 11) is 0. The van der Waals surface area contributed by atoms with Crippen molar-refractivity contribution in [2.24, 2.45) is 0 Å². The second kappa shape index (κ2) is 3.81. The lowest BCUT2D eigenvalue weighted by atomic mass is 10.00. The Morgan fingerprint density at radius 1 is 1.20 bits per heavy atom. The molecular weight excluding hydrogens is 186 g/mol. The van der Waals surface area contributed by atoms with E-state index in [9.17, 15) is 0 Å². The maximum atomic E-state index is 4.31. The van der Waals surface area contributed by atoms with Crippen LogP contribution in [0.1, 0.15) is 25.7 Å². The number of pyridine rings is 1. The van der Waals surface area contributed by atoms with Gasteiger partial charge >= 0.3 is 0 Å². The van der Waals surface area contributed by atoms with Crippen LogP contribution >= 0.6 is 0 Å². The number of nitrogens with zero attached hydrogens (tertiary/aromatic N) is 1. The van der Waals surface area contributed by atoms with Crippen molar-refractivity contribution in [1.82, 2.24) is 10.3 Å². The van der Waals surface area contributed by atoms with Crippen molar-refractivity contribution in [3.63, 3.8) is 0 Å². The van der Waals surface area contributed by atoms with Crippen LogP contribution < -0.4 is 10.6 Å². The summed E-state index contributed by atoms with van der Waals surface area (Å²) < 4.78 is 0. The molecule has 2 bridgehead atoms. The highest BCUT2D eigenvalue weighted by Gasteiger charge is 2.33. The lowest BCUT2D eigenvalue weighted by molar-refractivity contribution is 0.377. The van der Waals surface area contributed by atoms with Gasteiger partial charge in [-0.1, -0.05) is 6.07 Å². The second-order valence-corrected chi connectivity index (χ2v) is 4.67. The van der Waals surface area contributed by atoms with E-state index in [0.717, 1.165) is 17.9 Å². The first-order chi connectivity index (χ1) is 7.40. The van der Waals surface area contributed by atoms with Gasteiger partial charge in [0.05, 0.1) is 0 Å². The summed E-state index contributed by atoms with van der Waals surface area (Å²) in [5, 5.41) is 7.18. The number of nitrogens with one attached hydrogen (secondary N) is 2. The zero-order valence-corrected chi connectivity index (χ0v) is 8.82. The van der Waals surface area contributed by atoms with Crippen molar-refractivity contribution >= 4 is 5.82 Å². The smallest absolute Gasteiger partial charge is 0.126 e. The SMILES string of the molecule is c1ccc(NC2C[C@H]3CC[C@@H](C2)N3)nc1. The highest BCUT2D eigenvalue weighted by molar-refractivity contribution is 5.34. The van der Waals surface area contributed by atoms with Crippen molar-refractivity contribution < 1.29 is 0 Å². The minimum Gasteiger partial charge on any atom is -0.367 e. The molecular formula is C12H17N3. The van der Waals surface area contributed by atoms with Crippen LogP contribution in [0.25, 0.3) is 0 Å². The Bertz CT molecular complexity index is 313. The van der Waals surface area contributed by atoms with E-state index >= 15 is 0 Å². The average Bonchev–Trinajstić information content (AvgIpc) is 2.60. The van der Waals surface area contributed by atoms with E-state index in [1.165, 1.54) is 25.7 Å². The molecule has 2 fully saturated rings. The fourth-order valence-corrected chi connectivity index (χ4v) is 2.83. The van der Waals surface area contributed by atoms with Crippen LogP contribution in [0, 0.1) is 0 Å². The highest BCUT2D eigenvalue weighted by Crippen LogP contribution is 2.28. The molecule has 2 saturated heterocycles. The average molecular weight is 203 g/mol. The van der Waals surface area contributed by atoms with Gasteiger partial charge in [0.25, 0.3) is 0 Å². The standard InChI is InChI=1S/C12H17N3/c1-2-6-13-12(3-1)15-11-7-9-4-5-10(8-11)14-9/h1-3,6,9-11,14H,4-5,7-8H2,(H,13,15)/t9-,10+,11?. The first-order valence-corrected chi connectivity index (χ1v) is 5.84. The van der Waals surface area contributed by atoms with E-state index in [4.69, 9.17) is 0 Å². The topological polar surface area (TPSA) is 37.0 Å². The quantitative estimate of drug-likeness (QED) is 0.769. The summed E-state index contributed by atoms with van der Waals surface area (Å²) in [4.78, 5) is 4.31. The van der Waals surface area contributed by atoms with Gasteiger partial charge in [0.15, 0.2) is 0 Å². The highest BCUT2D eigenvalue weighted by atomic mass is 15.1. The molecule has 15 heavy (non-hydrogen) atoms. The summed E-state index contributed by atoms with van der Waals surface area (Å²) >= 11 is 0. The number of piperidine rings is 1. The molecule has 3 rings (SSSR count). The molecule has 1 unspecified atom stereocenters. The Balaban J connectivity index is 1.65. The molecule has 0 radical (unpaired) electrons. The Morgan fingerprint density at radius 2 is 2.00 bits per heavy atom. The molecule has 0 aliphatic carbocycles. The summed E-state index contributed by atoms with van der Waals surface area (Å²) in [5.74, 6) is 1.02. The van der Waals surface area contributed by atoms with E-state index in [2.05, 4.69) is 15.6 Å². The number of aromatic nitrogens is 1. The predicted molar refractivity (Wildman–Crippen MR) is 60.8 cm³/mol. The van der Waals surface area contributed by atoms with Crippen LogP contribution in [0.15, 0.2) is 24.4 Å². The third-order valence-corrected chi connectivity index (χ3v) is 3.49. The summed E-state index contributed by atoms with van der Waals surface area (Å²) in [6.07, 6.45) is 7.04. The molecule has 0 amide bonds. The number of rotatable bonds is 2. The molecule has 80 valence electrons. The maximum absolute atomic E-state index is 4.31. The largest absolute Gasteiger partial charge is 0.367 e. The van der Waals surface area contributed by atoms with Crippen molar-refractivity contribution in [1.29, 1.82) is 0 Å². The van der Waals surface area contributed by atoms with Gasteiger partial charge in [0.2, 0.25) is 0 Å². The fraction of sp³-hybridized carbons (Fsp3) is 0.583. The molecule has 1 aromatic heterocycles. The van der Waals surface area contributed by atoms with Crippen LogP contribution in [0.5, 0.6) is 0 Å². The van der Waals surface area contributed by atoms with Crippen LogP contribution in [0.4, 0.5) is 5.82 Å². The predicted octanol–water partition coefficient (Wildman–Crippen LogP) is 1.78. The van der Waals surface area contributed by atoms with Gasteiger partial charge in [-0.15, -0.1) is 0 Å². The Morgan fingerprint density at radius 3 is 2.67 bits per heavy atom. The first-order valence-electron chi connectivity index (χ1n) is 5.84. The molecule has 0 saturated carbocycles. The second-order valence-electron chi connectivity index (χ2n) is 4.67. The molecule has 2 N–H and O–H groups in total. The van der Waals surface area contributed by atoms with Crippen LogP contribution in [-0.2, 0) is 0 Å². The first kappa shape index (κ1) is 9.16. The van der Waals surface area contributed by atoms with Crippen LogP contribution in [0.2, 0.25) is 0 Å². The number of hydrogen-bond acceptors (Lipinski definition) is 3. The normalized spacial score (nSPS) is 34.0. The molecule has 0 spiro atoms. The maximum Gasteiger partial charge on any atom is 0.126 e. The number of hydrogen-bond donors (Lipinski definition) is 2. The third-order valence-electron chi connectivity index (χ3n) is 3.49. The Labute approximate surface area is 90.3 Å². The molecule has 2 aliphatic rings. The van der Waals surface area contributed by atoms with E-state index < -0.39 is 0 Å². The van der Waals surface area contributed by atoms with Crippen LogP contribution in [0.3, 0.4) is 0 Å². The van der Waals surface area contributed by atoms with Gasteiger partial charge in [0, 0.05) is 24.3 Å². The molecule has 3 atom stereocenters. The lowest BCUT2D eigenvalue weighted by Gasteiger charge is -2.29. The zero-order valence-electron chi connectivity index (χ0n) is 8.82. The molecule has 3 heterocycles. The summed E-state index contributed by atoms with van der Waals surface area (Å²) in [5.41, 5.74) is 0. The lowest BCUT2D eigenvalue weighted by Crippen LogP contribution is -2.43. The minimum atomic E-state index is 0.610. The van der Waals surface area contributed by atoms with Crippen molar-refractivity contribution in [2.75, 3.05) is 5.32 Å². The molecule has 3 nitrogen and oxygen atoms in total. The Hall–Kier alpha value is -1.09. The van der Waals surface area contributed by atoms with Gasteiger partial charge in [0.1, 0.15) is 5.82 Å². The zero-order chi connectivity index (χ0) is 10.1. The summed E-state index contributed by atoms with van der Waals surface area (Å²) in [6.45, 7) is 0. The van der Waals surface area contributed by atoms with Crippen LogP contribution in [-0.4, -0.2) is 23.1 Å². The number of fused-ring (bicyclic) bond motifs is 2. The molecule has 2 aliphatic heterocycles. The molecule has 0 aromatic carbocycles. The molecule has 1 aromatic rings. The van der Waals surface area contributed by atoms with E-state index in [0.29, 0.717) is 6.04 Å². The van der Waals surface area contributed by atoms with Gasteiger partial charge in [-0.3, -0.25) is 0 Å². The van der Waals surface area contributed by atoms with Crippen molar-refractivity contribution in [3.05, 3.63) is 24.4 Å². The summed E-state index contributed by atoms with van der Waals surface area (Å²) in [6, 6.07) is 8.13. The number of anilines is 1. The van der Waals surface area contributed by atoms with Gasteiger partial charge in [-0.2, -0.15) is 0 Å². The third kappa shape index (κ3) is 1.97. The van der Waals surface area contributed by atoms with Crippen molar-refractivity contribution in [3.8, 4) is 0 Å². The molecule has 3 heteroatoms. The monoisotopic (exact) mass is 203 g/mol. The Kier molecular flexibility index (Phi) is 2.33.